The first-order valence-electron chi connectivity index (χ1n) is 9.33. The van der Waals surface area contributed by atoms with Crippen LogP contribution >= 0.6 is 11.6 Å². The minimum absolute atomic E-state index is 0.221. The van der Waals surface area contributed by atoms with E-state index < -0.39 is 5.60 Å². The van der Waals surface area contributed by atoms with E-state index in [0.29, 0.717) is 17.9 Å². The highest BCUT2D eigenvalue weighted by Gasteiger charge is 2.33. The summed E-state index contributed by atoms with van der Waals surface area (Å²) in [6, 6.07) is 13.5. The topological polar surface area (TPSA) is 59.7 Å². The molecular formula is C21H25ClFN3O. The molecule has 27 heavy (non-hydrogen) atoms. The van der Waals surface area contributed by atoms with Crippen molar-refractivity contribution in [1.82, 2.24) is 4.90 Å². The Balaban J connectivity index is 1.47. The van der Waals surface area contributed by atoms with E-state index in [0.717, 1.165) is 43.6 Å². The lowest BCUT2D eigenvalue weighted by Crippen LogP contribution is -2.42. The molecule has 6 heteroatoms. The Hall–Kier alpha value is -1.82. The van der Waals surface area contributed by atoms with E-state index in [9.17, 15) is 9.50 Å². The highest BCUT2D eigenvalue weighted by atomic mass is 35.5. The molecule has 2 aromatic rings. The van der Waals surface area contributed by atoms with Gasteiger partial charge in [0.2, 0.25) is 0 Å². The van der Waals surface area contributed by atoms with E-state index >= 15 is 0 Å². The van der Waals surface area contributed by atoms with Gasteiger partial charge in [-0.3, -0.25) is 0 Å². The smallest absolute Gasteiger partial charge is 0.123 e. The fourth-order valence-electron chi connectivity index (χ4n) is 3.69. The molecule has 0 aromatic heterocycles. The monoisotopic (exact) mass is 389 g/mol. The van der Waals surface area contributed by atoms with Crippen molar-refractivity contribution in [3.8, 4) is 0 Å². The standard InChI is InChI=1S/C21H25ClFN3O/c22-18-7-5-17(6-8-18)21(27)11-14-26(15-12-21)13-1-2-20(25-24)16-3-9-19(23)10-4-16/h3-10,20,24,27H,1-2,11-15H2. The second-order valence-electron chi connectivity index (χ2n) is 7.22. The number of nitrogens with zero attached hydrogens (tertiary/aromatic N) is 2. The second-order valence-corrected chi connectivity index (χ2v) is 7.66. The lowest BCUT2D eigenvalue weighted by molar-refractivity contribution is -0.0261. The molecule has 1 aliphatic rings. The first-order valence-corrected chi connectivity index (χ1v) is 9.71. The third kappa shape index (κ3) is 5.12. The van der Waals surface area contributed by atoms with Gasteiger partial charge in [0.25, 0.3) is 0 Å². The maximum absolute atomic E-state index is 13.0. The van der Waals surface area contributed by atoms with E-state index in [1.54, 1.807) is 12.1 Å². The summed E-state index contributed by atoms with van der Waals surface area (Å²) < 4.78 is 13.0. The van der Waals surface area contributed by atoms with Crippen molar-refractivity contribution in [2.24, 2.45) is 5.11 Å². The van der Waals surface area contributed by atoms with Gasteiger partial charge in [-0.2, -0.15) is 5.11 Å². The van der Waals surface area contributed by atoms with Crippen LogP contribution < -0.4 is 0 Å². The van der Waals surface area contributed by atoms with Crippen molar-refractivity contribution >= 4 is 11.6 Å². The summed E-state index contributed by atoms with van der Waals surface area (Å²) in [5.41, 5.74) is 8.43. The minimum atomic E-state index is -0.783. The van der Waals surface area contributed by atoms with Gasteiger partial charge in [-0.05, 0) is 67.6 Å². The van der Waals surface area contributed by atoms with Crippen LogP contribution in [-0.4, -0.2) is 29.6 Å². The third-order valence-corrected chi connectivity index (χ3v) is 5.68. The number of hydrogen-bond donors (Lipinski definition) is 2. The second kappa shape index (κ2) is 8.91. The zero-order chi connectivity index (χ0) is 19.3. The SMILES string of the molecule is N=NC(CCCN1CCC(O)(c2ccc(Cl)cc2)CC1)c1ccc(F)cc1. The molecule has 0 spiro atoms. The van der Waals surface area contributed by atoms with Crippen LogP contribution in [0, 0.1) is 11.3 Å². The first-order chi connectivity index (χ1) is 13.0. The third-order valence-electron chi connectivity index (χ3n) is 5.43. The number of halogens is 2. The van der Waals surface area contributed by atoms with Crippen LogP contribution in [0.3, 0.4) is 0 Å². The molecule has 2 aromatic carbocycles. The summed E-state index contributed by atoms with van der Waals surface area (Å²) >= 11 is 5.94. The Morgan fingerprint density at radius 1 is 1.11 bits per heavy atom. The minimum Gasteiger partial charge on any atom is -0.385 e. The quantitative estimate of drug-likeness (QED) is 0.630. The lowest BCUT2D eigenvalue weighted by Gasteiger charge is -2.38. The molecule has 0 aliphatic carbocycles. The molecule has 4 nitrogen and oxygen atoms in total. The van der Waals surface area contributed by atoms with E-state index in [2.05, 4.69) is 10.0 Å². The predicted octanol–water partition coefficient (Wildman–Crippen LogP) is 5.31. The van der Waals surface area contributed by atoms with Crippen LogP contribution in [0.15, 0.2) is 53.6 Å². The predicted molar refractivity (Wildman–Crippen MR) is 105 cm³/mol. The summed E-state index contributed by atoms with van der Waals surface area (Å²) in [5.74, 6) is -0.274. The molecule has 1 saturated heterocycles. The zero-order valence-electron chi connectivity index (χ0n) is 15.2. The average Bonchev–Trinajstić information content (AvgIpc) is 2.68. The highest BCUT2D eigenvalue weighted by molar-refractivity contribution is 6.30. The number of likely N-dealkylation sites (tertiary alicyclic amines) is 1. The molecule has 3 rings (SSSR count). The summed E-state index contributed by atoms with van der Waals surface area (Å²) in [4.78, 5) is 2.34. The van der Waals surface area contributed by atoms with Gasteiger partial charge in [-0.25, -0.2) is 9.92 Å². The van der Waals surface area contributed by atoms with Crippen molar-refractivity contribution in [2.75, 3.05) is 19.6 Å². The molecule has 1 aliphatic heterocycles. The van der Waals surface area contributed by atoms with Crippen molar-refractivity contribution in [3.63, 3.8) is 0 Å². The van der Waals surface area contributed by atoms with Gasteiger partial charge in [0.05, 0.1) is 11.6 Å². The first kappa shape index (κ1) is 19.9. The van der Waals surface area contributed by atoms with Gasteiger partial charge in [0.15, 0.2) is 0 Å². The van der Waals surface area contributed by atoms with E-state index in [4.69, 9.17) is 17.1 Å². The van der Waals surface area contributed by atoms with Crippen molar-refractivity contribution in [2.45, 2.75) is 37.3 Å². The lowest BCUT2D eigenvalue weighted by atomic mass is 9.84. The van der Waals surface area contributed by atoms with Crippen LogP contribution in [0.2, 0.25) is 5.02 Å². The Bertz CT molecular complexity index is 743. The zero-order valence-corrected chi connectivity index (χ0v) is 16.0. The van der Waals surface area contributed by atoms with Gasteiger partial charge in [-0.1, -0.05) is 35.9 Å². The molecule has 1 heterocycles. The van der Waals surface area contributed by atoms with E-state index in [1.165, 1.54) is 12.1 Å². The Morgan fingerprint density at radius 2 is 1.74 bits per heavy atom. The molecule has 0 amide bonds. The van der Waals surface area contributed by atoms with E-state index in [-0.39, 0.29) is 11.9 Å². The largest absolute Gasteiger partial charge is 0.385 e. The van der Waals surface area contributed by atoms with Gasteiger partial charge < -0.3 is 10.0 Å². The molecule has 2 N–H and O–H groups in total. The molecular weight excluding hydrogens is 365 g/mol. The summed E-state index contributed by atoms with van der Waals surface area (Å²) in [5, 5.41) is 15.3. The van der Waals surface area contributed by atoms with Crippen LogP contribution in [0.5, 0.6) is 0 Å². The summed E-state index contributed by atoms with van der Waals surface area (Å²) in [6.07, 6.45) is 3.05. The Kier molecular flexibility index (Phi) is 6.58. The van der Waals surface area contributed by atoms with Gasteiger partial charge in [-0.15, -0.1) is 0 Å². The number of piperidine rings is 1. The van der Waals surface area contributed by atoms with E-state index in [1.807, 2.05) is 24.3 Å². The summed E-state index contributed by atoms with van der Waals surface area (Å²) in [6.45, 7) is 2.57. The molecule has 0 saturated carbocycles. The molecule has 1 unspecified atom stereocenters. The maximum atomic E-state index is 13.0. The maximum Gasteiger partial charge on any atom is 0.123 e. The van der Waals surface area contributed by atoms with Crippen LogP contribution in [-0.2, 0) is 5.60 Å². The van der Waals surface area contributed by atoms with Gasteiger partial charge in [0, 0.05) is 18.1 Å². The van der Waals surface area contributed by atoms with Crippen molar-refractivity contribution < 1.29 is 9.50 Å². The number of aliphatic hydroxyl groups is 1. The number of benzene rings is 2. The summed E-state index contributed by atoms with van der Waals surface area (Å²) in [7, 11) is 0. The normalized spacial score (nSPS) is 18.2. The highest BCUT2D eigenvalue weighted by Crippen LogP contribution is 2.33. The molecule has 0 bridgehead atoms. The van der Waals surface area contributed by atoms with Crippen molar-refractivity contribution in [3.05, 3.63) is 70.5 Å². The fourth-order valence-corrected chi connectivity index (χ4v) is 3.82. The number of hydrogen-bond acceptors (Lipinski definition) is 4. The van der Waals surface area contributed by atoms with Crippen LogP contribution in [0.4, 0.5) is 4.39 Å². The molecule has 1 atom stereocenters. The Morgan fingerprint density at radius 3 is 2.33 bits per heavy atom. The van der Waals surface area contributed by atoms with Crippen LogP contribution in [0.1, 0.15) is 42.9 Å². The van der Waals surface area contributed by atoms with Crippen molar-refractivity contribution in [1.29, 1.82) is 5.53 Å². The molecule has 1 fully saturated rings. The number of rotatable bonds is 7. The molecule has 0 radical (unpaired) electrons. The van der Waals surface area contributed by atoms with Gasteiger partial charge >= 0.3 is 0 Å². The molecule has 144 valence electrons. The van der Waals surface area contributed by atoms with Gasteiger partial charge in [0.1, 0.15) is 5.82 Å². The Labute approximate surface area is 164 Å². The average molecular weight is 390 g/mol. The fraction of sp³-hybridized carbons (Fsp3) is 0.429. The van der Waals surface area contributed by atoms with Crippen LogP contribution in [0.25, 0.3) is 0 Å². The number of nitrogens with one attached hydrogen (secondary N) is 1.